The molecule has 1 aromatic heterocycles. The third kappa shape index (κ3) is 3.70. The molecule has 0 bridgehead atoms. The van der Waals surface area contributed by atoms with Crippen molar-refractivity contribution < 1.29 is 4.79 Å². The molecule has 0 aliphatic rings. The van der Waals surface area contributed by atoms with E-state index in [2.05, 4.69) is 21.2 Å². The fourth-order valence-corrected chi connectivity index (χ4v) is 2.41. The summed E-state index contributed by atoms with van der Waals surface area (Å²) < 4.78 is 0. The number of aromatic nitrogens is 1. The maximum absolute atomic E-state index is 12.0. The van der Waals surface area contributed by atoms with Crippen molar-refractivity contribution in [2.75, 3.05) is 10.7 Å². The zero-order chi connectivity index (χ0) is 16.2. The van der Waals surface area contributed by atoms with Crippen LogP contribution in [-0.2, 0) is 0 Å². The molecule has 0 spiro atoms. The molecule has 3 N–H and O–H groups in total. The van der Waals surface area contributed by atoms with E-state index in [1.807, 2.05) is 37.3 Å². The molecular formula is C17H15ClN4O. The van der Waals surface area contributed by atoms with Crippen LogP contribution in [-0.4, -0.2) is 11.0 Å². The van der Waals surface area contributed by atoms with Crippen LogP contribution >= 0.6 is 11.6 Å². The molecule has 0 saturated heterocycles. The fraction of sp³-hybridized carbons (Fsp3) is 0.0588. The second-order valence-corrected chi connectivity index (χ2v) is 5.53. The van der Waals surface area contributed by atoms with Crippen LogP contribution in [0.4, 0.5) is 16.2 Å². The molecule has 2 amide bonds. The van der Waals surface area contributed by atoms with E-state index in [9.17, 15) is 4.79 Å². The molecule has 0 saturated carbocycles. The lowest BCUT2D eigenvalue weighted by molar-refractivity contribution is 0.254. The second-order valence-electron chi connectivity index (χ2n) is 5.09. The Balaban J connectivity index is 1.69. The summed E-state index contributed by atoms with van der Waals surface area (Å²) in [5.41, 5.74) is 8.81. The van der Waals surface area contributed by atoms with Crippen molar-refractivity contribution in [1.82, 2.24) is 10.4 Å². The molecule has 0 atom stereocenters. The Morgan fingerprint density at radius 1 is 1.13 bits per heavy atom. The van der Waals surface area contributed by atoms with Gasteiger partial charge >= 0.3 is 6.03 Å². The minimum absolute atomic E-state index is 0.352. The first-order chi connectivity index (χ1) is 11.1. The molecule has 0 fully saturated rings. The second kappa shape index (κ2) is 6.54. The number of amides is 2. The lowest BCUT2D eigenvalue weighted by Gasteiger charge is -2.12. The molecular weight excluding hydrogens is 312 g/mol. The quantitative estimate of drug-likeness (QED) is 0.627. The molecule has 2 aromatic carbocycles. The number of urea groups is 1. The minimum atomic E-state index is -0.352. The summed E-state index contributed by atoms with van der Waals surface area (Å²) in [6.45, 7) is 1.97. The Labute approximate surface area is 138 Å². The summed E-state index contributed by atoms with van der Waals surface area (Å²) in [7, 11) is 0. The number of carbonyl (C=O) groups is 1. The first-order valence-electron chi connectivity index (χ1n) is 7.06. The number of nitrogens with one attached hydrogen (secondary N) is 3. The summed E-state index contributed by atoms with van der Waals surface area (Å²) in [5, 5.41) is 4.25. The van der Waals surface area contributed by atoms with Crippen molar-refractivity contribution in [2.24, 2.45) is 0 Å². The van der Waals surface area contributed by atoms with Crippen LogP contribution in [0.1, 0.15) is 5.56 Å². The molecule has 3 aromatic rings. The normalized spacial score (nSPS) is 10.3. The van der Waals surface area contributed by atoms with Crippen LogP contribution in [0.25, 0.3) is 10.9 Å². The molecule has 23 heavy (non-hydrogen) atoms. The van der Waals surface area contributed by atoms with Crippen molar-refractivity contribution in [3.8, 4) is 0 Å². The number of hydrogen-bond donors (Lipinski definition) is 3. The van der Waals surface area contributed by atoms with E-state index >= 15 is 0 Å². The van der Waals surface area contributed by atoms with E-state index in [0.29, 0.717) is 5.02 Å². The number of nitrogens with zero attached hydrogens (tertiary/aromatic N) is 1. The van der Waals surface area contributed by atoms with Crippen LogP contribution in [0.15, 0.2) is 54.7 Å². The molecule has 0 radical (unpaired) electrons. The molecule has 6 heteroatoms. The van der Waals surface area contributed by atoms with Gasteiger partial charge in [-0.1, -0.05) is 23.7 Å². The highest BCUT2D eigenvalue weighted by Gasteiger charge is 2.05. The number of rotatable bonds is 3. The van der Waals surface area contributed by atoms with Gasteiger partial charge in [0.2, 0.25) is 0 Å². The molecule has 116 valence electrons. The average Bonchev–Trinajstić information content (AvgIpc) is 2.52. The number of anilines is 2. The van der Waals surface area contributed by atoms with Crippen molar-refractivity contribution >= 4 is 39.9 Å². The number of carbonyl (C=O) groups excluding carboxylic acids is 1. The Hall–Kier alpha value is -2.79. The van der Waals surface area contributed by atoms with E-state index in [0.717, 1.165) is 27.8 Å². The first kappa shape index (κ1) is 15.1. The van der Waals surface area contributed by atoms with Gasteiger partial charge in [-0.15, -0.1) is 0 Å². The van der Waals surface area contributed by atoms with E-state index in [4.69, 9.17) is 11.6 Å². The van der Waals surface area contributed by atoms with Gasteiger partial charge in [-0.25, -0.2) is 4.79 Å². The highest BCUT2D eigenvalue weighted by atomic mass is 35.5. The Morgan fingerprint density at radius 3 is 2.83 bits per heavy atom. The SMILES string of the molecule is Cc1cccc(NC(=O)NNc2ccnc3cc(Cl)ccc23)c1. The zero-order valence-corrected chi connectivity index (χ0v) is 13.2. The number of benzene rings is 2. The number of pyridine rings is 1. The van der Waals surface area contributed by atoms with Crippen LogP contribution < -0.4 is 16.2 Å². The smallest absolute Gasteiger partial charge is 0.307 e. The topological polar surface area (TPSA) is 66.1 Å². The summed E-state index contributed by atoms with van der Waals surface area (Å²) in [6.07, 6.45) is 1.65. The minimum Gasteiger partial charge on any atom is -0.307 e. The Bertz CT molecular complexity index is 866. The summed E-state index contributed by atoms with van der Waals surface area (Å²) in [6, 6.07) is 14.4. The number of halogens is 1. The van der Waals surface area contributed by atoms with Gasteiger partial charge in [0.1, 0.15) is 0 Å². The number of hydrazine groups is 1. The van der Waals surface area contributed by atoms with Crippen LogP contribution in [0.3, 0.4) is 0 Å². The average molecular weight is 327 g/mol. The van der Waals surface area contributed by atoms with E-state index in [-0.39, 0.29) is 6.03 Å². The fourth-order valence-electron chi connectivity index (χ4n) is 2.24. The van der Waals surface area contributed by atoms with Crippen molar-refractivity contribution in [3.63, 3.8) is 0 Å². The predicted octanol–water partition coefficient (Wildman–Crippen LogP) is 4.35. The number of hydrogen-bond acceptors (Lipinski definition) is 3. The monoisotopic (exact) mass is 326 g/mol. The lowest BCUT2D eigenvalue weighted by atomic mass is 10.2. The third-order valence-electron chi connectivity index (χ3n) is 3.29. The highest BCUT2D eigenvalue weighted by molar-refractivity contribution is 6.31. The zero-order valence-electron chi connectivity index (χ0n) is 12.4. The summed E-state index contributed by atoms with van der Waals surface area (Å²) >= 11 is 5.96. The van der Waals surface area contributed by atoms with Crippen molar-refractivity contribution in [3.05, 3.63) is 65.3 Å². The largest absolute Gasteiger partial charge is 0.337 e. The number of aryl methyl sites for hydroxylation is 1. The van der Waals surface area contributed by atoms with E-state index in [1.165, 1.54) is 0 Å². The molecule has 5 nitrogen and oxygen atoms in total. The van der Waals surface area contributed by atoms with Crippen LogP contribution in [0.5, 0.6) is 0 Å². The molecule has 0 unspecified atom stereocenters. The van der Waals surface area contributed by atoms with Gasteiger partial charge in [0.25, 0.3) is 0 Å². The van der Waals surface area contributed by atoms with Crippen molar-refractivity contribution in [2.45, 2.75) is 6.92 Å². The molecule has 1 heterocycles. The summed E-state index contributed by atoms with van der Waals surface area (Å²) in [5.74, 6) is 0. The first-order valence-corrected chi connectivity index (χ1v) is 7.43. The lowest BCUT2D eigenvalue weighted by Crippen LogP contribution is -2.33. The highest BCUT2D eigenvalue weighted by Crippen LogP contribution is 2.23. The van der Waals surface area contributed by atoms with E-state index < -0.39 is 0 Å². The Kier molecular flexibility index (Phi) is 4.30. The van der Waals surface area contributed by atoms with Gasteiger partial charge in [0.15, 0.2) is 0 Å². The van der Waals surface area contributed by atoms with Gasteiger partial charge in [0, 0.05) is 22.3 Å². The predicted molar refractivity (Wildman–Crippen MR) is 93.7 cm³/mol. The van der Waals surface area contributed by atoms with Gasteiger partial charge < -0.3 is 5.32 Å². The van der Waals surface area contributed by atoms with E-state index in [1.54, 1.807) is 24.4 Å². The van der Waals surface area contributed by atoms with Gasteiger partial charge in [0.05, 0.1) is 11.2 Å². The molecule has 0 aliphatic heterocycles. The van der Waals surface area contributed by atoms with Crippen LogP contribution in [0, 0.1) is 6.92 Å². The number of fused-ring (bicyclic) bond motifs is 1. The summed E-state index contributed by atoms with van der Waals surface area (Å²) in [4.78, 5) is 16.2. The van der Waals surface area contributed by atoms with Gasteiger partial charge in [-0.05, 0) is 48.9 Å². The third-order valence-corrected chi connectivity index (χ3v) is 3.53. The van der Waals surface area contributed by atoms with Crippen LogP contribution in [0.2, 0.25) is 5.02 Å². The molecule has 0 aliphatic carbocycles. The van der Waals surface area contributed by atoms with Crippen molar-refractivity contribution in [1.29, 1.82) is 0 Å². The van der Waals surface area contributed by atoms with Gasteiger partial charge in [-0.2, -0.15) is 0 Å². The maximum Gasteiger partial charge on any atom is 0.337 e. The molecule has 3 rings (SSSR count). The standard InChI is InChI=1S/C17H15ClN4O/c1-11-3-2-4-13(9-11)20-17(23)22-21-15-7-8-19-16-10-12(18)5-6-14(15)16/h2-10H,1H3,(H,19,21)(H2,20,22,23). The maximum atomic E-state index is 12.0. The Morgan fingerprint density at radius 2 is 2.00 bits per heavy atom. The van der Waals surface area contributed by atoms with Gasteiger partial charge in [-0.3, -0.25) is 15.8 Å².